The van der Waals surface area contributed by atoms with E-state index in [1.165, 1.54) is 32.6 Å². The summed E-state index contributed by atoms with van der Waals surface area (Å²) in [7, 11) is 0. The summed E-state index contributed by atoms with van der Waals surface area (Å²) in [4.78, 5) is 9.49. The second kappa shape index (κ2) is 12.2. The molecule has 0 radical (unpaired) electrons. The Balaban J connectivity index is 1.17. The summed E-state index contributed by atoms with van der Waals surface area (Å²) >= 11 is 0. The molecule has 0 atom stereocenters. The Bertz CT molecular complexity index is 2450. The molecule has 0 spiro atoms. The van der Waals surface area contributed by atoms with Crippen molar-refractivity contribution < 1.29 is 0 Å². The fourth-order valence-electron chi connectivity index (χ4n) is 6.25. The second-order valence-electron chi connectivity index (χ2n) is 11.5. The number of aromatic nitrogens is 1. The van der Waals surface area contributed by atoms with Gasteiger partial charge >= 0.3 is 0 Å². The third kappa shape index (κ3) is 5.43. The van der Waals surface area contributed by atoms with Crippen LogP contribution in [0.5, 0.6) is 0 Å². The normalized spacial score (nSPS) is 12.0. The van der Waals surface area contributed by atoms with Gasteiger partial charge < -0.3 is 4.57 Å². The molecule has 222 valence electrons. The van der Waals surface area contributed by atoms with Gasteiger partial charge in [-0.3, -0.25) is 5.41 Å². The summed E-state index contributed by atoms with van der Waals surface area (Å²) in [6.07, 6.45) is 1.85. The van der Waals surface area contributed by atoms with E-state index in [0.717, 1.165) is 33.5 Å². The number of amidine groups is 2. The first-order chi connectivity index (χ1) is 23.2. The largest absolute Gasteiger partial charge is 0.309 e. The van der Waals surface area contributed by atoms with Crippen LogP contribution in [0.25, 0.3) is 49.4 Å². The maximum atomic E-state index is 8.63. The van der Waals surface area contributed by atoms with Gasteiger partial charge in [0.05, 0.1) is 11.0 Å². The van der Waals surface area contributed by atoms with Gasteiger partial charge in [0.15, 0.2) is 11.7 Å². The highest BCUT2D eigenvalue weighted by Gasteiger charge is 2.14. The first-order valence-corrected chi connectivity index (χ1v) is 15.7. The lowest BCUT2D eigenvalue weighted by atomic mass is 10.00. The molecule has 4 nitrogen and oxygen atoms in total. The molecular formula is C43H30N4. The van der Waals surface area contributed by atoms with Crippen LogP contribution in [0.1, 0.15) is 16.7 Å². The first-order valence-electron chi connectivity index (χ1n) is 15.7. The van der Waals surface area contributed by atoms with E-state index in [0.29, 0.717) is 5.84 Å². The summed E-state index contributed by atoms with van der Waals surface area (Å²) in [5.41, 5.74) is 8.22. The fraction of sp³-hybridized carbons (Fsp3) is 0. The Morgan fingerprint density at radius 3 is 1.91 bits per heavy atom. The molecule has 0 aliphatic carbocycles. The fourth-order valence-corrected chi connectivity index (χ4v) is 6.25. The number of nitrogens with one attached hydrogen (secondary N) is 1. The minimum absolute atomic E-state index is 0.170. The SMILES string of the molecule is N=C(N=C(N=Cc1ccccc1-c1ccc(-n2c3ccccc3c3cc4ccccc4cc32)cc1)c1ccccc1)c1ccccc1. The minimum Gasteiger partial charge on any atom is -0.309 e. The predicted octanol–water partition coefficient (Wildman–Crippen LogP) is 10.5. The molecule has 8 aromatic rings. The average Bonchev–Trinajstić information content (AvgIpc) is 3.46. The summed E-state index contributed by atoms with van der Waals surface area (Å²) < 4.78 is 2.36. The van der Waals surface area contributed by atoms with Crippen LogP contribution in [-0.4, -0.2) is 22.5 Å². The van der Waals surface area contributed by atoms with E-state index in [1.54, 1.807) is 0 Å². The van der Waals surface area contributed by atoms with Gasteiger partial charge in [-0.1, -0.05) is 140 Å². The van der Waals surface area contributed by atoms with Crippen LogP contribution in [0, 0.1) is 5.41 Å². The van der Waals surface area contributed by atoms with Gasteiger partial charge in [-0.25, -0.2) is 9.98 Å². The monoisotopic (exact) mass is 602 g/mol. The molecule has 47 heavy (non-hydrogen) atoms. The zero-order valence-electron chi connectivity index (χ0n) is 25.6. The minimum atomic E-state index is 0.170. The standard InChI is InChI=1S/C43H30N4/c44-42(31-13-3-1-4-14-31)46-43(32-15-5-2-6-16-32)45-29-35-19-9-10-20-37(35)30-23-25-36(26-24-30)47-40-22-12-11-21-38(40)39-27-33-17-7-8-18-34(33)28-41(39)47/h1-29,44H. The second-order valence-corrected chi connectivity index (χ2v) is 11.5. The smallest absolute Gasteiger partial charge is 0.161 e. The molecular weight excluding hydrogens is 573 g/mol. The van der Waals surface area contributed by atoms with Crippen molar-refractivity contribution in [3.05, 3.63) is 187 Å². The average molecular weight is 603 g/mol. The van der Waals surface area contributed by atoms with Gasteiger partial charge in [-0.15, -0.1) is 0 Å². The molecule has 0 aliphatic rings. The van der Waals surface area contributed by atoms with Crippen molar-refractivity contribution in [2.75, 3.05) is 0 Å². The number of fused-ring (bicyclic) bond motifs is 4. The number of rotatable bonds is 5. The van der Waals surface area contributed by atoms with Gasteiger partial charge in [-0.05, 0) is 52.2 Å². The van der Waals surface area contributed by atoms with Crippen LogP contribution in [-0.2, 0) is 0 Å². The number of para-hydroxylation sites is 1. The van der Waals surface area contributed by atoms with Gasteiger partial charge in [0.1, 0.15) is 0 Å². The number of aliphatic imine (C=N–C) groups is 2. The van der Waals surface area contributed by atoms with Crippen molar-refractivity contribution in [1.82, 2.24) is 4.57 Å². The van der Waals surface area contributed by atoms with Crippen molar-refractivity contribution in [3.63, 3.8) is 0 Å². The molecule has 8 rings (SSSR count). The Kier molecular flexibility index (Phi) is 7.29. The van der Waals surface area contributed by atoms with Crippen LogP contribution in [0.15, 0.2) is 180 Å². The maximum absolute atomic E-state index is 8.63. The van der Waals surface area contributed by atoms with E-state index in [4.69, 9.17) is 10.4 Å². The van der Waals surface area contributed by atoms with Crippen LogP contribution in [0.4, 0.5) is 0 Å². The molecule has 0 amide bonds. The molecule has 1 aromatic heterocycles. The summed E-state index contributed by atoms with van der Waals surface area (Å²) in [6, 6.07) is 58.2. The lowest BCUT2D eigenvalue weighted by Crippen LogP contribution is -2.04. The molecule has 7 aromatic carbocycles. The Morgan fingerprint density at radius 1 is 0.532 bits per heavy atom. The van der Waals surface area contributed by atoms with Crippen LogP contribution >= 0.6 is 0 Å². The topological polar surface area (TPSA) is 53.5 Å². The lowest BCUT2D eigenvalue weighted by Gasteiger charge is -2.11. The molecule has 0 saturated carbocycles. The number of benzene rings is 7. The van der Waals surface area contributed by atoms with Gasteiger partial charge in [-0.2, -0.15) is 0 Å². The van der Waals surface area contributed by atoms with Crippen molar-refractivity contribution in [3.8, 4) is 16.8 Å². The number of hydrogen-bond donors (Lipinski definition) is 1. The summed E-state index contributed by atoms with van der Waals surface area (Å²) in [6.45, 7) is 0. The number of hydrogen-bond acceptors (Lipinski definition) is 1. The molecule has 1 heterocycles. The quantitative estimate of drug-likeness (QED) is 0.151. The van der Waals surface area contributed by atoms with Crippen molar-refractivity contribution >= 4 is 50.5 Å². The van der Waals surface area contributed by atoms with Crippen molar-refractivity contribution in [2.24, 2.45) is 9.98 Å². The highest BCUT2D eigenvalue weighted by molar-refractivity contribution is 6.14. The molecule has 0 saturated heterocycles. The molecule has 1 N–H and O–H groups in total. The first kappa shape index (κ1) is 28.1. The molecule has 0 fully saturated rings. The van der Waals surface area contributed by atoms with Gasteiger partial charge in [0.25, 0.3) is 0 Å². The Morgan fingerprint density at radius 2 is 1.15 bits per heavy atom. The third-order valence-corrected chi connectivity index (χ3v) is 8.56. The molecule has 0 unspecified atom stereocenters. The Hall–Kier alpha value is -6.39. The van der Waals surface area contributed by atoms with E-state index < -0.39 is 0 Å². The zero-order chi connectivity index (χ0) is 31.6. The maximum Gasteiger partial charge on any atom is 0.161 e. The van der Waals surface area contributed by atoms with Crippen LogP contribution in [0.3, 0.4) is 0 Å². The lowest BCUT2D eigenvalue weighted by molar-refractivity contribution is 1.18. The van der Waals surface area contributed by atoms with E-state index in [-0.39, 0.29) is 5.84 Å². The van der Waals surface area contributed by atoms with Gasteiger partial charge in [0, 0.05) is 39.4 Å². The van der Waals surface area contributed by atoms with E-state index in [9.17, 15) is 0 Å². The van der Waals surface area contributed by atoms with E-state index >= 15 is 0 Å². The number of nitrogens with zero attached hydrogens (tertiary/aromatic N) is 3. The molecule has 0 bridgehead atoms. The zero-order valence-corrected chi connectivity index (χ0v) is 25.6. The Labute approximate surface area is 273 Å². The van der Waals surface area contributed by atoms with E-state index in [1.807, 2.05) is 72.9 Å². The van der Waals surface area contributed by atoms with Crippen LogP contribution < -0.4 is 0 Å². The summed E-state index contributed by atoms with van der Waals surface area (Å²) in [5.74, 6) is 0.659. The molecule has 4 heteroatoms. The van der Waals surface area contributed by atoms with Crippen molar-refractivity contribution in [1.29, 1.82) is 5.41 Å². The highest BCUT2D eigenvalue weighted by Crippen LogP contribution is 2.35. The third-order valence-electron chi connectivity index (χ3n) is 8.56. The highest BCUT2D eigenvalue weighted by atomic mass is 15.0. The summed E-state index contributed by atoms with van der Waals surface area (Å²) in [5, 5.41) is 13.6. The van der Waals surface area contributed by atoms with E-state index in [2.05, 4.69) is 113 Å². The van der Waals surface area contributed by atoms with Gasteiger partial charge in [0.2, 0.25) is 0 Å². The molecule has 0 aliphatic heterocycles. The van der Waals surface area contributed by atoms with Crippen molar-refractivity contribution in [2.45, 2.75) is 0 Å². The predicted molar refractivity (Wildman–Crippen MR) is 198 cm³/mol. The van der Waals surface area contributed by atoms with Crippen LogP contribution in [0.2, 0.25) is 0 Å².